The molecule has 2 unspecified atom stereocenters. The zero-order valence-electron chi connectivity index (χ0n) is 7.92. The summed E-state index contributed by atoms with van der Waals surface area (Å²) in [5, 5.41) is 11.2. The Hall–Kier alpha value is -0.750. The summed E-state index contributed by atoms with van der Waals surface area (Å²) in [4.78, 5) is 0. The van der Waals surface area contributed by atoms with Crippen LogP contribution in [-0.4, -0.2) is 18.8 Å². The number of hydrogen-bond acceptors (Lipinski definition) is 3. The molecule has 1 aliphatic carbocycles. The van der Waals surface area contributed by atoms with Gasteiger partial charge < -0.3 is 10.1 Å². The lowest BCUT2D eigenvalue weighted by molar-refractivity contribution is -0.110. The average molecular weight is 168 g/mol. The Morgan fingerprint density at radius 2 is 2.33 bits per heavy atom. The summed E-state index contributed by atoms with van der Waals surface area (Å²) in [7, 11) is 0. The van der Waals surface area contributed by atoms with Crippen LogP contribution in [0.15, 0.2) is 0 Å². The minimum absolute atomic E-state index is 0.103. The Bertz CT molecular complexity index is 195. The van der Waals surface area contributed by atoms with E-state index < -0.39 is 0 Å². The first-order valence-corrected chi connectivity index (χ1v) is 4.39. The van der Waals surface area contributed by atoms with Crippen molar-refractivity contribution in [2.75, 3.05) is 6.61 Å². The molecule has 3 heteroatoms. The summed E-state index contributed by atoms with van der Waals surface area (Å²) in [6, 6.07) is 0.291. The van der Waals surface area contributed by atoms with Crippen molar-refractivity contribution < 1.29 is 4.74 Å². The minimum atomic E-state index is 0.103. The summed E-state index contributed by atoms with van der Waals surface area (Å²) >= 11 is 0. The molecule has 0 spiro atoms. The van der Waals surface area contributed by atoms with Crippen molar-refractivity contribution in [2.24, 2.45) is 5.41 Å². The predicted octanol–water partition coefficient (Wildman–Crippen LogP) is 1.26. The molecule has 0 aromatic heterocycles. The Morgan fingerprint density at radius 1 is 1.67 bits per heavy atom. The second-order valence-corrected chi connectivity index (χ2v) is 3.81. The lowest BCUT2D eigenvalue weighted by Gasteiger charge is -2.50. The van der Waals surface area contributed by atoms with Gasteiger partial charge in [0.1, 0.15) is 0 Å². The fourth-order valence-corrected chi connectivity index (χ4v) is 1.69. The maximum Gasteiger partial charge on any atom is 0.176 e. The van der Waals surface area contributed by atoms with Crippen LogP contribution >= 0.6 is 0 Å². The Labute approximate surface area is 73.7 Å². The maximum absolute atomic E-state index is 8.45. The molecule has 0 saturated heterocycles. The molecule has 3 nitrogen and oxygen atoms in total. The van der Waals surface area contributed by atoms with Crippen molar-refractivity contribution in [1.82, 2.24) is 5.32 Å². The molecule has 1 N–H and O–H groups in total. The second kappa shape index (κ2) is 3.32. The van der Waals surface area contributed by atoms with Crippen molar-refractivity contribution >= 4 is 0 Å². The highest BCUT2D eigenvalue weighted by Gasteiger charge is 2.48. The smallest absolute Gasteiger partial charge is 0.176 e. The maximum atomic E-state index is 8.45. The highest BCUT2D eigenvalue weighted by molar-refractivity contribution is 5.04. The molecule has 1 fully saturated rings. The van der Waals surface area contributed by atoms with E-state index in [1.165, 1.54) is 0 Å². The van der Waals surface area contributed by atoms with Gasteiger partial charge in [0.25, 0.3) is 0 Å². The van der Waals surface area contributed by atoms with E-state index in [1.807, 2.05) is 13.1 Å². The third-order valence-corrected chi connectivity index (χ3v) is 2.78. The van der Waals surface area contributed by atoms with E-state index >= 15 is 0 Å². The fraction of sp³-hybridized carbons (Fsp3) is 0.889. The number of ether oxygens (including phenoxy) is 1. The fourth-order valence-electron chi connectivity index (χ4n) is 1.69. The molecule has 2 atom stereocenters. The topological polar surface area (TPSA) is 45.0 Å². The van der Waals surface area contributed by atoms with Gasteiger partial charge in [-0.05, 0) is 13.3 Å². The van der Waals surface area contributed by atoms with Crippen molar-refractivity contribution in [2.45, 2.75) is 39.3 Å². The molecule has 0 radical (unpaired) electrons. The molecule has 68 valence electrons. The molecule has 0 aliphatic heterocycles. The monoisotopic (exact) mass is 168 g/mol. The number of hydrogen-bond donors (Lipinski definition) is 1. The molecule has 1 saturated carbocycles. The molecule has 0 heterocycles. The first-order valence-electron chi connectivity index (χ1n) is 4.39. The summed E-state index contributed by atoms with van der Waals surface area (Å²) in [5.41, 5.74) is 0.103. The number of nitrogens with one attached hydrogen (secondary N) is 1. The van der Waals surface area contributed by atoms with E-state index in [9.17, 15) is 0 Å². The van der Waals surface area contributed by atoms with E-state index in [0.717, 1.165) is 13.0 Å². The number of nitrogens with zero attached hydrogens (tertiary/aromatic N) is 1. The van der Waals surface area contributed by atoms with Gasteiger partial charge in [-0.1, -0.05) is 13.8 Å². The molecular weight excluding hydrogens is 152 g/mol. The van der Waals surface area contributed by atoms with E-state index in [1.54, 1.807) is 0 Å². The van der Waals surface area contributed by atoms with Crippen LogP contribution in [0.25, 0.3) is 0 Å². The predicted molar refractivity (Wildman–Crippen MR) is 46.3 cm³/mol. The van der Waals surface area contributed by atoms with Gasteiger partial charge in [-0.3, -0.25) is 0 Å². The van der Waals surface area contributed by atoms with Crippen molar-refractivity contribution in [3.8, 4) is 6.19 Å². The van der Waals surface area contributed by atoms with E-state index in [-0.39, 0.29) is 5.41 Å². The van der Waals surface area contributed by atoms with Crippen LogP contribution in [0.1, 0.15) is 27.2 Å². The first kappa shape index (κ1) is 9.34. The SMILES string of the molecule is CCOC1CC(NC#N)C1(C)C. The second-order valence-electron chi connectivity index (χ2n) is 3.81. The molecule has 0 aromatic carbocycles. The molecular formula is C9H16N2O. The lowest BCUT2D eigenvalue weighted by Crippen LogP contribution is -2.59. The van der Waals surface area contributed by atoms with Crippen LogP contribution in [0.4, 0.5) is 0 Å². The quantitative estimate of drug-likeness (QED) is 0.509. The van der Waals surface area contributed by atoms with Crippen LogP contribution in [0, 0.1) is 16.9 Å². The van der Waals surface area contributed by atoms with Crippen LogP contribution < -0.4 is 5.32 Å². The zero-order valence-corrected chi connectivity index (χ0v) is 7.92. The Balaban J connectivity index is 2.43. The highest BCUT2D eigenvalue weighted by atomic mass is 16.5. The molecule has 12 heavy (non-hydrogen) atoms. The molecule has 0 aromatic rings. The van der Waals surface area contributed by atoms with Gasteiger partial charge in [0.15, 0.2) is 6.19 Å². The third kappa shape index (κ3) is 1.39. The van der Waals surface area contributed by atoms with Crippen LogP contribution in [-0.2, 0) is 4.74 Å². The number of nitriles is 1. The van der Waals surface area contributed by atoms with Gasteiger partial charge >= 0.3 is 0 Å². The zero-order chi connectivity index (χ0) is 9.19. The molecule has 0 bridgehead atoms. The lowest BCUT2D eigenvalue weighted by atomic mass is 9.64. The first-order chi connectivity index (χ1) is 5.62. The molecule has 1 rings (SSSR count). The minimum Gasteiger partial charge on any atom is -0.378 e. The third-order valence-electron chi connectivity index (χ3n) is 2.78. The summed E-state index contributed by atoms with van der Waals surface area (Å²) in [6.07, 6.45) is 3.25. The summed E-state index contributed by atoms with van der Waals surface area (Å²) in [6.45, 7) is 7.02. The summed E-state index contributed by atoms with van der Waals surface area (Å²) in [5.74, 6) is 0. The summed E-state index contributed by atoms with van der Waals surface area (Å²) < 4.78 is 5.52. The van der Waals surface area contributed by atoms with Crippen molar-refractivity contribution in [3.05, 3.63) is 0 Å². The van der Waals surface area contributed by atoms with Gasteiger partial charge in [0.2, 0.25) is 0 Å². The van der Waals surface area contributed by atoms with Crippen molar-refractivity contribution in [3.63, 3.8) is 0 Å². The normalized spacial score (nSPS) is 31.8. The van der Waals surface area contributed by atoms with Gasteiger partial charge in [0.05, 0.1) is 6.10 Å². The van der Waals surface area contributed by atoms with E-state index in [2.05, 4.69) is 19.2 Å². The van der Waals surface area contributed by atoms with E-state index in [0.29, 0.717) is 12.1 Å². The van der Waals surface area contributed by atoms with Crippen LogP contribution in [0.5, 0.6) is 0 Å². The Morgan fingerprint density at radius 3 is 2.75 bits per heavy atom. The van der Waals surface area contributed by atoms with Gasteiger partial charge in [-0.2, -0.15) is 5.26 Å². The molecule has 0 amide bonds. The van der Waals surface area contributed by atoms with Crippen molar-refractivity contribution in [1.29, 1.82) is 5.26 Å². The van der Waals surface area contributed by atoms with E-state index in [4.69, 9.17) is 10.00 Å². The van der Waals surface area contributed by atoms with Crippen LogP contribution in [0.2, 0.25) is 0 Å². The van der Waals surface area contributed by atoms with Gasteiger partial charge in [0, 0.05) is 18.1 Å². The average Bonchev–Trinajstić information content (AvgIpc) is 2.03. The van der Waals surface area contributed by atoms with Gasteiger partial charge in [-0.25, -0.2) is 0 Å². The standard InChI is InChI=1S/C9H16N2O/c1-4-12-8-5-7(11-6-10)9(8,2)3/h7-8,11H,4-5H2,1-3H3. The largest absolute Gasteiger partial charge is 0.378 e. The Kier molecular flexibility index (Phi) is 2.58. The van der Waals surface area contributed by atoms with Crippen LogP contribution in [0.3, 0.4) is 0 Å². The van der Waals surface area contributed by atoms with Gasteiger partial charge in [-0.15, -0.1) is 0 Å². The molecule has 1 aliphatic rings. The number of rotatable bonds is 3. The highest BCUT2D eigenvalue weighted by Crippen LogP contribution is 2.42.